The van der Waals surface area contributed by atoms with Crippen molar-refractivity contribution in [3.05, 3.63) is 24.3 Å². The second-order valence-corrected chi connectivity index (χ2v) is 6.48. The van der Waals surface area contributed by atoms with E-state index in [0.717, 1.165) is 43.8 Å². The van der Waals surface area contributed by atoms with Gasteiger partial charge in [0.2, 0.25) is 0 Å². The highest BCUT2D eigenvalue weighted by Gasteiger charge is 2.42. The van der Waals surface area contributed by atoms with Crippen molar-refractivity contribution in [3.63, 3.8) is 0 Å². The first-order valence-electron chi connectivity index (χ1n) is 8.55. The molecule has 24 heavy (non-hydrogen) atoms. The predicted octanol–water partition coefficient (Wildman–Crippen LogP) is 1.76. The van der Waals surface area contributed by atoms with Crippen LogP contribution in [0.1, 0.15) is 12.8 Å². The van der Waals surface area contributed by atoms with Gasteiger partial charge in [0, 0.05) is 38.2 Å². The van der Waals surface area contributed by atoms with E-state index in [9.17, 15) is 0 Å². The average molecular weight is 333 g/mol. The SMILES string of the molecule is CN=C(NCCOc1cccc(OC)c1)N1CCC2(CCOC2)C1. The summed E-state index contributed by atoms with van der Waals surface area (Å²) in [5, 5.41) is 3.40. The molecule has 6 nitrogen and oxygen atoms in total. The fourth-order valence-electron chi connectivity index (χ4n) is 3.44. The number of rotatable bonds is 5. The lowest BCUT2D eigenvalue weighted by Gasteiger charge is -2.24. The summed E-state index contributed by atoms with van der Waals surface area (Å²) < 4.78 is 16.6. The number of nitrogens with one attached hydrogen (secondary N) is 1. The number of methoxy groups -OCH3 is 1. The second kappa shape index (κ2) is 7.75. The van der Waals surface area contributed by atoms with Crippen LogP contribution in [0.25, 0.3) is 0 Å². The minimum Gasteiger partial charge on any atom is -0.497 e. The Bertz CT molecular complexity index is 570. The number of hydrogen-bond donors (Lipinski definition) is 1. The Labute approximate surface area is 143 Å². The van der Waals surface area contributed by atoms with Gasteiger partial charge >= 0.3 is 0 Å². The largest absolute Gasteiger partial charge is 0.497 e. The summed E-state index contributed by atoms with van der Waals surface area (Å²) in [6.07, 6.45) is 2.35. The molecule has 3 rings (SSSR count). The minimum absolute atomic E-state index is 0.342. The lowest BCUT2D eigenvalue weighted by molar-refractivity contribution is 0.156. The summed E-state index contributed by atoms with van der Waals surface area (Å²) >= 11 is 0. The third-order valence-electron chi connectivity index (χ3n) is 4.83. The standard InChI is InChI=1S/C18H27N3O3/c1-19-17(21-9-6-18(13-21)7-10-23-14-18)20-8-11-24-16-5-3-4-15(12-16)22-2/h3-5,12H,6-11,13-14H2,1-2H3,(H,19,20). The average Bonchev–Trinajstić information content (AvgIpc) is 3.25. The lowest BCUT2D eigenvalue weighted by Crippen LogP contribution is -2.42. The van der Waals surface area contributed by atoms with Gasteiger partial charge < -0.3 is 24.4 Å². The molecule has 2 aliphatic heterocycles. The molecule has 2 saturated heterocycles. The van der Waals surface area contributed by atoms with Crippen molar-refractivity contribution in [1.29, 1.82) is 0 Å². The zero-order valence-electron chi connectivity index (χ0n) is 14.6. The van der Waals surface area contributed by atoms with Crippen LogP contribution in [0.5, 0.6) is 11.5 Å². The van der Waals surface area contributed by atoms with Gasteiger partial charge in [0.1, 0.15) is 18.1 Å². The number of nitrogens with zero attached hydrogens (tertiary/aromatic N) is 2. The van der Waals surface area contributed by atoms with Gasteiger partial charge in [-0.2, -0.15) is 0 Å². The summed E-state index contributed by atoms with van der Waals surface area (Å²) in [5.41, 5.74) is 0.342. The van der Waals surface area contributed by atoms with Crippen LogP contribution in [0.3, 0.4) is 0 Å². The number of hydrogen-bond acceptors (Lipinski definition) is 4. The zero-order valence-corrected chi connectivity index (χ0v) is 14.6. The number of guanidine groups is 1. The summed E-state index contributed by atoms with van der Waals surface area (Å²) in [6.45, 7) is 5.15. The molecular weight excluding hydrogens is 306 g/mol. The Hall–Kier alpha value is -1.95. The number of likely N-dealkylation sites (tertiary alicyclic amines) is 1. The van der Waals surface area contributed by atoms with E-state index < -0.39 is 0 Å². The summed E-state index contributed by atoms with van der Waals surface area (Å²) in [6, 6.07) is 7.65. The molecule has 1 atom stereocenters. The minimum atomic E-state index is 0.342. The predicted molar refractivity (Wildman–Crippen MR) is 93.9 cm³/mol. The van der Waals surface area contributed by atoms with Gasteiger partial charge in [0.15, 0.2) is 5.96 Å². The molecule has 1 N–H and O–H groups in total. The molecule has 1 aromatic carbocycles. The maximum Gasteiger partial charge on any atom is 0.193 e. The Morgan fingerprint density at radius 3 is 3.00 bits per heavy atom. The zero-order chi connectivity index (χ0) is 16.8. The van der Waals surface area contributed by atoms with Crippen molar-refractivity contribution < 1.29 is 14.2 Å². The monoisotopic (exact) mass is 333 g/mol. The van der Waals surface area contributed by atoms with Crippen LogP contribution in [-0.2, 0) is 4.74 Å². The van der Waals surface area contributed by atoms with E-state index in [1.54, 1.807) is 7.11 Å². The van der Waals surface area contributed by atoms with Crippen LogP contribution in [0.2, 0.25) is 0 Å². The summed E-state index contributed by atoms with van der Waals surface area (Å²) in [7, 11) is 3.49. The van der Waals surface area contributed by atoms with Crippen molar-refractivity contribution in [2.75, 3.05) is 53.6 Å². The highest BCUT2D eigenvalue weighted by Crippen LogP contribution is 2.38. The molecule has 0 aromatic heterocycles. The second-order valence-electron chi connectivity index (χ2n) is 6.48. The van der Waals surface area contributed by atoms with Crippen LogP contribution >= 0.6 is 0 Å². The first-order valence-corrected chi connectivity index (χ1v) is 8.55. The van der Waals surface area contributed by atoms with E-state index in [1.807, 2.05) is 31.3 Å². The number of aliphatic imine (C=N–C) groups is 1. The number of ether oxygens (including phenoxy) is 3. The maximum absolute atomic E-state index is 5.76. The molecule has 6 heteroatoms. The highest BCUT2D eigenvalue weighted by molar-refractivity contribution is 5.80. The van der Waals surface area contributed by atoms with Crippen LogP contribution in [0, 0.1) is 5.41 Å². The topological polar surface area (TPSA) is 55.3 Å². The quantitative estimate of drug-likeness (QED) is 0.505. The molecule has 2 heterocycles. The Kier molecular flexibility index (Phi) is 5.45. The Morgan fingerprint density at radius 2 is 2.25 bits per heavy atom. The molecular formula is C18H27N3O3. The van der Waals surface area contributed by atoms with Crippen molar-refractivity contribution in [3.8, 4) is 11.5 Å². The number of benzene rings is 1. The molecule has 1 spiro atoms. The summed E-state index contributed by atoms with van der Waals surface area (Å²) in [5.74, 6) is 2.57. The van der Waals surface area contributed by atoms with Crippen molar-refractivity contribution >= 4 is 5.96 Å². The Balaban J connectivity index is 1.43. The van der Waals surface area contributed by atoms with E-state index >= 15 is 0 Å². The fourth-order valence-corrected chi connectivity index (χ4v) is 3.44. The van der Waals surface area contributed by atoms with E-state index in [2.05, 4.69) is 15.2 Å². The van der Waals surface area contributed by atoms with Crippen LogP contribution in [0.15, 0.2) is 29.3 Å². The van der Waals surface area contributed by atoms with Gasteiger partial charge in [-0.25, -0.2) is 0 Å². The van der Waals surface area contributed by atoms with Crippen LogP contribution in [-0.4, -0.2) is 64.5 Å². The van der Waals surface area contributed by atoms with Gasteiger partial charge in [-0.3, -0.25) is 4.99 Å². The van der Waals surface area contributed by atoms with E-state index in [1.165, 1.54) is 12.8 Å². The smallest absolute Gasteiger partial charge is 0.193 e. The van der Waals surface area contributed by atoms with E-state index in [0.29, 0.717) is 18.6 Å². The fraction of sp³-hybridized carbons (Fsp3) is 0.611. The molecule has 0 radical (unpaired) electrons. The Morgan fingerprint density at radius 1 is 1.38 bits per heavy atom. The molecule has 0 aliphatic carbocycles. The lowest BCUT2D eigenvalue weighted by atomic mass is 9.87. The van der Waals surface area contributed by atoms with Gasteiger partial charge in [0.05, 0.1) is 20.3 Å². The highest BCUT2D eigenvalue weighted by atomic mass is 16.5. The molecule has 0 saturated carbocycles. The molecule has 2 fully saturated rings. The molecule has 1 unspecified atom stereocenters. The van der Waals surface area contributed by atoms with Gasteiger partial charge in [-0.1, -0.05) is 6.07 Å². The summed E-state index contributed by atoms with van der Waals surface area (Å²) in [4.78, 5) is 6.75. The van der Waals surface area contributed by atoms with Crippen molar-refractivity contribution in [2.45, 2.75) is 12.8 Å². The normalized spacial score (nSPS) is 23.8. The van der Waals surface area contributed by atoms with Crippen molar-refractivity contribution in [1.82, 2.24) is 10.2 Å². The van der Waals surface area contributed by atoms with Gasteiger partial charge in [-0.15, -0.1) is 0 Å². The molecule has 2 aliphatic rings. The van der Waals surface area contributed by atoms with E-state index in [4.69, 9.17) is 14.2 Å². The van der Waals surface area contributed by atoms with Crippen LogP contribution < -0.4 is 14.8 Å². The van der Waals surface area contributed by atoms with Crippen molar-refractivity contribution in [2.24, 2.45) is 10.4 Å². The molecule has 0 bridgehead atoms. The van der Waals surface area contributed by atoms with Crippen LogP contribution in [0.4, 0.5) is 0 Å². The molecule has 132 valence electrons. The maximum atomic E-state index is 5.76. The van der Waals surface area contributed by atoms with Gasteiger partial charge in [-0.05, 0) is 25.0 Å². The van der Waals surface area contributed by atoms with E-state index in [-0.39, 0.29) is 0 Å². The van der Waals surface area contributed by atoms with Gasteiger partial charge in [0.25, 0.3) is 0 Å². The third kappa shape index (κ3) is 3.93. The first kappa shape index (κ1) is 16.9. The molecule has 1 aromatic rings. The molecule has 0 amide bonds. The third-order valence-corrected chi connectivity index (χ3v) is 4.83. The first-order chi connectivity index (χ1) is 11.7.